The normalized spacial score (nSPS) is 13.6. The molecule has 0 aliphatic carbocycles. The highest BCUT2D eigenvalue weighted by Crippen LogP contribution is 2.36. The van der Waals surface area contributed by atoms with E-state index in [0.29, 0.717) is 13.1 Å². The summed E-state index contributed by atoms with van der Waals surface area (Å²) in [7, 11) is 0. The van der Waals surface area contributed by atoms with Crippen LogP contribution in [0.15, 0.2) is 53.4 Å². The Balaban J connectivity index is 1.79. The van der Waals surface area contributed by atoms with Crippen LogP contribution in [0.1, 0.15) is 25.0 Å². The molecule has 0 atom stereocenters. The minimum atomic E-state index is -0.0260. The molecule has 3 rings (SSSR count). The van der Waals surface area contributed by atoms with Gasteiger partial charge in [0.15, 0.2) is 0 Å². The Bertz CT molecular complexity index is 746. The van der Waals surface area contributed by atoms with E-state index in [2.05, 4.69) is 48.3 Å². The summed E-state index contributed by atoms with van der Waals surface area (Å²) >= 11 is 1.79. The zero-order valence-electron chi connectivity index (χ0n) is 15.6. The SMILES string of the molecule is CCN(CC)CCNC(=O)N1Cc2ccccc2CSc2ccccc21. The first-order valence-corrected chi connectivity index (χ1v) is 10.3. The number of amides is 2. The van der Waals surface area contributed by atoms with Crippen molar-refractivity contribution in [2.45, 2.75) is 31.0 Å². The zero-order chi connectivity index (χ0) is 18.4. The van der Waals surface area contributed by atoms with Gasteiger partial charge in [-0.1, -0.05) is 50.2 Å². The summed E-state index contributed by atoms with van der Waals surface area (Å²) in [6.07, 6.45) is 0. The van der Waals surface area contributed by atoms with Crippen molar-refractivity contribution in [1.82, 2.24) is 10.2 Å². The number of para-hydroxylation sites is 1. The van der Waals surface area contributed by atoms with Crippen molar-refractivity contribution in [1.29, 1.82) is 0 Å². The van der Waals surface area contributed by atoms with E-state index in [9.17, 15) is 4.79 Å². The van der Waals surface area contributed by atoms with Crippen molar-refractivity contribution < 1.29 is 4.79 Å². The first-order chi connectivity index (χ1) is 12.7. The molecular weight excluding hydrogens is 342 g/mol. The van der Waals surface area contributed by atoms with Gasteiger partial charge in [-0.05, 0) is 36.3 Å². The molecule has 0 bridgehead atoms. The van der Waals surface area contributed by atoms with Crippen LogP contribution in [0.3, 0.4) is 0 Å². The molecule has 5 heteroatoms. The van der Waals surface area contributed by atoms with Crippen molar-refractivity contribution >= 4 is 23.5 Å². The monoisotopic (exact) mass is 369 g/mol. The summed E-state index contributed by atoms with van der Waals surface area (Å²) in [6.45, 7) is 8.44. The lowest BCUT2D eigenvalue weighted by Gasteiger charge is -2.29. The number of nitrogens with zero attached hydrogens (tertiary/aromatic N) is 2. The molecule has 0 saturated carbocycles. The first kappa shape index (κ1) is 18.8. The smallest absolute Gasteiger partial charge is 0.322 e. The maximum absolute atomic E-state index is 13.0. The fraction of sp³-hybridized carbons (Fsp3) is 0.381. The number of thioether (sulfide) groups is 1. The highest BCUT2D eigenvalue weighted by atomic mass is 32.2. The van der Waals surface area contributed by atoms with Gasteiger partial charge < -0.3 is 10.2 Å². The topological polar surface area (TPSA) is 35.6 Å². The summed E-state index contributed by atoms with van der Waals surface area (Å²) in [5, 5.41) is 3.11. The van der Waals surface area contributed by atoms with Gasteiger partial charge in [0, 0.05) is 23.7 Å². The highest BCUT2D eigenvalue weighted by molar-refractivity contribution is 7.98. The average molecular weight is 370 g/mol. The quantitative estimate of drug-likeness (QED) is 0.851. The van der Waals surface area contributed by atoms with Crippen LogP contribution in [0.25, 0.3) is 0 Å². The van der Waals surface area contributed by atoms with E-state index in [-0.39, 0.29) is 6.03 Å². The predicted molar refractivity (Wildman–Crippen MR) is 110 cm³/mol. The van der Waals surface area contributed by atoms with Crippen molar-refractivity contribution in [3.05, 3.63) is 59.7 Å². The third-order valence-corrected chi connectivity index (χ3v) is 5.94. The third-order valence-electron chi connectivity index (χ3n) is 4.83. The van der Waals surface area contributed by atoms with Gasteiger partial charge in [-0.15, -0.1) is 11.8 Å². The Morgan fingerprint density at radius 1 is 1.08 bits per heavy atom. The predicted octanol–water partition coefficient (Wildman–Crippen LogP) is 4.35. The van der Waals surface area contributed by atoms with Crippen LogP contribution in [-0.2, 0) is 12.3 Å². The maximum Gasteiger partial charge on any atom is 0.322 e. The molecule has 1 heterocycles. The largest absolute Gasteiger partial charge is 0.336 e. The molecule has 1 aliphatic rings. The molecule has 0 fully saturated rings. The Morgan fingerprint density at radius 3 is 2.54 bits per heavy atom. The zero-order valence-corrected chi connectivity index (χ0v) is 16.4. The van der Waals surface area contributed by atoms with E-state index < -0.39 is 0 Å². The molecule has 2 aromatic carbocycles. The van der Waals surface area contributed by atoms with E-state index >= 15 is 0 Å². The number of hydrogen-bond acceptors (Lipinski definition) is 3. The molecule has 2 amide bonds. The first-order valence-electron chi connectivity index (χ1n) is 9.29. The van der Waals surface area contributed by atoms with Gasteiger partial charge in [0.05, 0.1) is 12.2 Å². The van der Waals surface area contributed by atoms with Gasteiger partial charge in [-0.25, -0.2) is 4.79 Å². The molecule has 0 unspecified atom stereocenters. The molecule has 1 aliphatic heterocycles. The van der Waals surface area contributed by atoms with Crippen molar-refractivity contribution in [2.24, 2.45) is 0 Å². The lowest BCUT2D eigenvalue weighted by Crippen LogP contribution is -2.43. The Morgan fingerprint density at radius 2 is 1.77 bits per heavy atom. The van der Waals surface area contributed by atoms with Crippen LogP contribution in [0, 0.1) is 0 Å². The number of anilines is 1. The summed E-state index contributed by atoms with van der Waals surface area (Å²) in [5.41, 5.74) is 3.51. The van der Waals surface area contributed by atoms with Crippen LogP contribution in [0.2, 0.25) is 0 Å². The number of nitrogens with one attached hydrogen (secondary N) is 1. The standard InChI is InChI=1S/C21H27N3OS/c1-3-23(4-2)14-13-22-21(25)24-15-17-9-5-6-10-18(17)16-26-20-12-8-7-11-19(20)24/h5-12H,3-4,13-16H2,1-2H3,(H,22,25). The van der Waals surface area contributed by atoms with Gasteiger partial charge in [0.2, 0.25) is 0 Å². The van der Waals surface area contributed by atoms with Crippen LogP contribution >= 0.6 is 11.8 Å². The molecule has 4 nitrogen and oxygen atoms in total. The van der Waals surface area contributed by atoms with Gasteiger partial charge in [0.25, 0.3) is 0 Å². The van der Waals surface area contributed by atoms with Gasteiger partial charge in [0.1, 0.15) is 0 Å². The van der Waals surface area contributed by atoms with Crippen LogP contribution < -0.4 is 10.2 Å². The van der Waals surface area contributed by atoms with Gasteiger partial charge >= 0.3 is 6.03 Å². The Hall–Kier alpha value is -1.98. The number of carbonyl (C=O) groups excluding carboxylic acids is 1. The van der Waals surface area contributed by atoms with E-state index in [1.54, 1.807) is 11.8 Å². The van der Waals surface area contributed by atoms with E-state index in [1.165, 1.54) is 11.1 Å². The van der Waals surface area contributed by atoms with Gasteiger partial charge in [-0.2, -0.15) is 0 Å². The maximum atomic E-state index is 13.0. The Kier molecular flexibility index (Phi) is 6.58. The summed E-state index contributed by atoms with van der Waals surface area (Å²) in [5.74, 6) is 0.935. The highest BCUT2D eigenvalue weighted by Gasteiger charge is 2.22. The van der Waals surface area contributed by atoms with E-state index in [0.717, 1.165) is 36.0 Å². The second kappa shape index (κ2) is 9.10. The number of urea groups is 1. The van der Waals surface area contributed by atoms with E-state index in [4.69, 9.17) is 0 Å². The molecule has 138 valence electrons. The molecule has 0 saturated heterocycles. The summed E-state index contributed by atoms with van der Waals surface area (Å²) in [4.78, 5) is 18.3. The van der Waals surface area contributed by atoms with Crippen molar-refractivity contribution in [3.8, 4) is 0 Å². The van der Waals surface area contributed by atoms with Crippen molar-refractivity contribution in [3.63, 3.8) is 0 Å². The average Bonchev–Trinajstić information content (AvgIpc) is 2.67. The van der Waals surface area contributed by atoms with E-state index in [1.807, 2.05) is 29.2 Å². The fourth-order valence-electron chi connectivity index (χ4n) is 3.20. The second-order valence-electron chi connectivity index (χ2n) is 6.37. The molecule has 1 N–H and O–H groups in total. The number of fused-ring (bicyclic) bond motifs is 2. The molecule has 26 heavy (non-hydrogen) atoms. The third kappa shape index (κ3) is 4.40. The van der Waals surface area contributed by atoms with Crippen LogP contribution in [0.4, 0.5) is 10.5 Å². The fourth-order valence-corrected chi connectivity index (χ4v) is 4.30. The van der Waals surface area contributed by atoms with Gasteiger partial charge in [-0.3, -0.25) is 4.90 Å². The molecule has 0 spiro atoms. The molecule has 0 radical (unpaired) electrons. The van der Waals surface area contributed by atoms with Crippen LogP contribution in [0.5, 0.6) is 0 Å². The lowest BCUT2D eigenvalue weighted by atomic mass is 10.1. The van der Waals surface area contributed by atoms with Crippen molar-refractivity contribution in [2.75, 3.05) is 31.1 Å². The summed E-state index contributed by atoms with van der Waals surface area (Å²) < 4.78 is 0. The number of benzene rings is 2. The molecule has 2 aromatic rings. The summed E-state index contributed by atoms with van der Waals surface area (Å²) in [6, 6.07) is 16.6. The minimum absolute atomic E-state index is 0.0260. The lowest BCUT2D eigenvalue weighted by molar-refractivity contribution is 0.242. The minimum Gasteiger partial charge on any atom is -0.336 e. The number of carbonyl (C=O) groups is 1. The van der Waals surface area contributed by atoms with Crippen LogP contribution in [-0.4, -0.2) is 37.1 Å². The second-order valence-corrected chi connectivity index (χ2v) is 7.39. The number of rotatable bonds is 5. The Labute approximate surface area is 160 Å². The number of hydrogen-bond donors (Lipinski definition) is 1. The number of likely N-dealkylation sites (N-methyl/N-ethyl adjacent to an activating group) is 1. The molecule has 0 aromatic heterocycles. The molecular formula is C21H27N3OS.